The molecule has 0 bridgehead atoms. The summed E-state index contributed by atoms with van der Waals surface area (Å²) < 4.78 is 0. The molecule has 1 aromatic rings. The van der Waals surface area contributed by atoms with Crippen LogP contribution in [0.3, 0.4) is 0 Å². The van der Waals surface area contributed by atoms with Gasteiger partial charge in [0.2, 0.25) is 17.7 Å². The Kier molecular flexibility index (Phi) is 7.79. The van der Waals surface area contributed by atoms with Gasteiger partial charge in [-0.05, 0) is 37.4 Å². The summed E-state index contributed by atoms with van der Waals surface area (Å²) in [5.41, 5.74) is 7.64. The van der Waals surface area contributed by atoms with Gasteiger partial charge in [-0.15, -0.1) is 0 Å². The molecule has 1 aliphatic rings. The Morgan fingerprint density at radius 2 is 1.96 bits per heavy atom. The molecular weight excluding hydrogens is 344 g/mol. The van der Waals surface area contributed by atoms with E-state index in [9.17, 15) is 14.4 Å². The Morgan fingerprint density at radius 1 is 1.22 bits per heavy atom. The topological polar surface area (TPSA) is 95.7 Å². The second-order valence-electron chi connectivity index (χ2n) is 6.87. The van der Waals surface area contributed by atoms with Crippen LogP contribution in [-0.4, -0.2) is 54.8 Å². The van der Waals surface area contributed by atoms with E-state index in [1.807, 2.05) is 38.1 Å². The number of nitrogens with two attached hydrogens (primary N) is 1. The molecule has 1 aliphatic heterocycles. The number of nitrogens with zero attached hydrogens (tertiary/aromatic N) is 2. The first-order valence-electron chi connectivity index (χ1n) is 9.66. The number of carbonyl (C=O) groups excluding carboxylic acids is 3. The van der Waals surface area contributed by atoms with Crippen LogP contribution in [-0.2, 0) is 20.8 Å². The highest BCUT2D eigenvalue weighted by Gasteiger charge is 2.31. The number of hydrogen-bond donors (Lipinski definition) is 2. The predicted octanol–water partition coefficient (Wildman–Crippen LogP) is 1.06. The average molecular weight is 374 g/mol. The predicted molar refractivity (Wildman–Crippen MR) is 105 cm³/mol. The van der Waals surface area contributed by atoms with E-state index in [0.29, 0.717) is 19.6 Å². The Balaban J connectivity index is 2.09. The van der Waals surface area contributed by atoms with Gasteiger partial charge in [0.1, 0.15) is 0 Å². The summed E-state index contributed by atoms with van der Waals surface area (Å²) in [6.45, 7) is 5.71. The summed E-state index contributed by atoms with van der Waals surface area (Å²) in [4.78, 5) is 40.5. The van der Waals surface area contributed by atoms with Crippen molar-refractivity contribution in [3.8, 4) is 0 Å². The fourth-order valence-electron chi connectivity index (χ4n) is 3.41. The number of primary amides is 1. The number of anilines is 1. The van der Waals surface area contributed by atoms with Gasteiger partial charge < -0.3 is 16.0 Å². The van der Waals surface area contributed by atoms with Crippen molar-refractivity contribution in [2.45, 2.75) is 45.6 Å². The van der Waals surface area contributed by atoms with Crippen LogP contribution >= 0.6 is 0 Å². The summed E-state index contributed by atoms with van der Waals surface area (Å²) in [7, 11) is 0. The van der Waals surface area contributed by atoms with Crippen LogP contribution in [0.1, 0.15) is 38.7 Å². The van der Waals surface area contributed by atoms with Gasteiger partial charge in [0.15, 0.2) is 0 Å². The highest BCUT2D eigenvalue weighted by atomic mass is 16.2. The zero-order valence-electron chi connectivity index (χ0n) is 16.2. The Hall–Kier alpha value is -2.41. The van der Waals surface area contributed by atoms with Gasteiger partial charge in [-0.1, -0.05) is 32.0 Å². The van der Waals surface area contributed by atoms with Crippen molar-refractivity contribution in [2.75, 3.05) is 31.1 Å². The Labute approximate surface area is 160 Å². The summed E-state index contributed by atoms with van der Waals surface area (Å²) >= 11 is 0. The molecule has 148 valence electrons. The maximum absolute atomic E-state index is 12.9. The van der Waals surface area contributed by atoms with Gasteiger partial charge in [0.25, 0.3) is 0 Å². The van der Waals surface area contributed by atoms with Gasteiger partial charge in [0, 0.05) is 18.8 Å². The quantitative estimate of drug-likeness (QED) is 0.640. The molecule has 7 heteroatoms. The van der Waals surface area contributed by atoms with Crippen LogP contribution in [0, 0.1) is 0 Å². The molecule has 1 aromatic carbocycles. The van der Waals surface area contributed by atoms with Gasteiger partial charge in [-0.3, -0.25) is 19.3 Å². The van der Waals surface area contributed by atoms with Crippen molar-refractivity contribution >= 4 is 23.4 Å². The van der Waals surface area contributed by atoms with Crippen molar-refractivity contribution < 1.29 is 14.4 Å². The number of para-hydroxylation sites is 1. The van der Waals surface area contributed by atoms with Crippen LogP contribution in [0.25, 0.3) is 0 Å². The molecule has 3 N–H and O–H groups in total. The Bertz CT molecular complexity index is 677. The standard InChI is InChI=1S/C20H30N4O3/c1-3-10-22-18(25)13-17(20(21)27)23(11-4-2)14-19(26)24-12-9-15-7-5-6-8-16(15)24/h5-8,17H,3-4,9-14H2,1-2H3,(H2,21,27)(H,22,25)/t17-/m1/s1. The number of hydrogen-bond acceptors (Lipinski definition) is 4. The average Bonchev–Trinajstić information content (AvgIpc) is 3.08. The second kappa shape index (κ2) is 10.1. The summed E-state index contributed by atoms with van der Waals surface area (Å²) in [6.07, 6.45) is 2.37. The van der Waals surface area contributed by atoms with Crippen molar-refractivity contribution in [1.29, 1.82) is 0 Å². The third kappa shape index (κ3) is 5.53. The number of carbonyl (C=O) groups is 3. The highest BCUT2D eigenvalue weighted by molar-refractivity contribution is 5.97. The normalized spacial score (nSPS) is 14.1. The third-order valence-corrected chi connectivity index (χ3v) is 4.76. The van der Waals surface area contributed by atoms with Crippen LogP contribution < -0.4 is 16.0 Å². The molecule has 1 atom stereocenters. The lowest BCUT2D eigenvalue weighted by Crippen LogP contribution is -2.51. The SMILES string of the molecule is CCCNC(=O)C[C@H](C(N)=O)N(CCC)CC(=O)N1CCc2ccccc21. The minimum Gasteiger partial charge on any atom is -0.368 e. The molecule has 0 unspecified atom stereocenters. The zero-order valence-corrected chi connectivity index (χ0v) is 16.2. The van der Waals surface area contributed by atoms with Crippen molar-refractivity contribution in [1.82, 2.24) is 10.2 Å². The van der Waals surface area contributed by atoms with E-state index in [1.54, 1.807) is 9.80 Å². The van der Waals surface area contributed by atoms with Crippen LogP contribution in [0.2, 0.25) is 0 Å². The highest BCUT2D eigenvalue weighted by Crippen LogP contribution is 2.27. The first-order chi connectivity index (χ1) is 13.0. The minimum absolute atomic E-state index is 0.0286. The van der Waals surface area contributed by atoms with Crippen molar-refractivity contribution in [3.05, 3.63) is 29.8 Å². The van der Waals surface area contributed by atoms with Crippen LogP contribution in [0.5, 0.6) is 0 Å². The Morgan fingerprint density at radius 3 is 2.63 bits per heavy atom. The minimum atomic E-state index is -0.788. The summed E-state index contributed by atoms with van der Waals surface area (Å²) in [5, 5.41) is 2.77. The smallest absolute Gasteiger partial charge is 0.241 e. The molecule has 3 amide bonds. The number of nitrogens with one attached hydrogen (secondary N) is 1. The first-order valence-corrected chi connectivity index (χ1v) is 9.66. The van der Waals surface area contributed by atoms with Crippen LogP contribution in [0.4, 0.5) is 5.69 Å². The number of rotatable bonds is 10. The lowest BCUT2D eigenvalue weighted by Gasteiger charge is -2.30. The van der Waals surface area contributed by atoms with E-state index >= 15 is 0 Å². The molecule has 0 spiro atoms. The van der Waals surface area contributed by atoms with E-state index < -0.39 is 11.9 Å². The van der Waals surface area contributed by atoms with E-state index in [0.717, 1.165) is 30.5 Å². The number of amides is 3. The van der Waals surface area contributed by atoms with Crippen molar-refractivity contribution in [2.24, 2.45) is 5.73 Å². The molecule has 0 fully saturated rings. The maximum atomic E-state index is 12.9. The molecule has 0 saturated heterocycles. The molecule has 0 radical (unpaired) electrons. The second-order valence-corrected chi connectivity index (χ2v) is 6.87. The summed E-state index contributed by atoms with van der Waals surface area (Å²) in [6, 6.07) is 7.06. The molecular formula is C20H30N4O3. The molecule has 2 rings (SSSR count). The van der Waals surface area contributed by atoms with Gasteiger partial charge in [0.05, 0.1) is 19.0 Å². The number of benzene rings is 1. The fourth-order valence-corrected chi connectivity index (χ4v) is 3.41. The lowest BCUT2D eigenvalue weighted by atomic mass is 10.1. The third-order valence-electron chi connectivity index (χ3n) is 4.76. The maximum Gasteiger partial charge on any atom is 0.241 e. The van der Waals surface area contributed by atoms with E-state index in [4.69, 9.17) is 5.73 Å². The van der Waals surface area contributed by atoms with Crippen LogP contribution in [0.15, 0.2) is 24.3 Å². The molecule has 0 aliphatic carbocycles. The van der Waals surface area contributed by atoms with Gasteiger partial charge in [-0.2, -0.15) is 0 Å². The largest absolute Gasteiger partial charge is 0.368 e. The molecule has 1 heterocycles. The zero-order chi connectivity index (χ0) is 19.8. The molecule has 7 nitrogen and oxygen atoms in total. The lowest BCUT2D eigenvalue weighted by molar-refractivity contribution is -0.131. The summed E-state index contributed by atoms with van der Waals surface area (Å²) in [5.74, 6) is -0.876. The van der Waals surface area contributed by atoms with Gasteiger partial charge >= 0.3 is 0 Å². The first kappa shape index (κ1) is 20.9. The monoisotopic (exact) mass is 374 g/mol. The fraction of sp³-hybridized carbons (Fsp3) is 0.550. The molecule has 0 aromatic heterocycles. The van der Waals surface area contributed by atoms with E-state index in [1.165, 1.54) is 0 Å². The number of fused-ring (bicyclic) bond motifs is 1. The van der Waals surface area contributed by atoms with E-state index in [2.05, 4.69) is 5.32 Å². The van der Waals surface area contributed by atoms with Gasteiger partial charge in [-0.25, -0.2) is 0 Å². The molecule has 0 saturated carbocycles. The van der Waals surface area contributed by atoms with E-state index in [-0.39, 0.29) is 24.8 Å². The van der Waals surface area contributed by atoms with Crippen molar-refractivity contribution in [3.63, 3.8) is 0 Å². The molecule has 27 heavy (non-hydrogen) atoms.